The van der Waals surface area contributed by atoms with E-state index in [1.54, 1.807) is 19.0 Å². The number of nitrogens with zero attached hydrogens (tertiary/aromatic N) is 2. The molecule has 0 aliphatic heterocycles. The van der Waals surface area contributed by atoms with Gasteiger partial charge < -0.3 is 20.3 Å². The Morgan fingerprint density at radius 1 is 1.06 bits per heavy atom. The second-order valence-corrected chi connectivity index (χ2v) is 7.90. The highest BCUT2D eigenvalue weighted by Crippen LogP contribution is 2.08. The van der Waals surface area contributed by atoms with E-state index in [0.717, 1.165) is 31.0 Å². The monoisotopic (exact) mass is 552 g/mol. The maximum absolute atomic E-state index is 12.1. The maximum atomic E-state index is 12.1. The lowest BCUT2D eigenvalue weighted by Crippen LogP contribution is -2.38. The molecular weight excluding hydrogens is 515 g/mol. The van der Waals surface area contributed by atoms with Crippen LogP contribution in [0.2, 0.25) is 0 Å². The summed E-state index contributed by atoms with van der Waals surface area (Å²) in [5, 5.41) is 6.67. The molecule has 1 amide bonds. The SMILES string of the molecule is CCNC(=NCC(C)COCc1ccccc1)NCCc1cccc(C(=O)N(C)C)c1.I. The summed E-state index contributed by atoms with van der Waals surface area (Å²) in [7, 11) is 3.53. The Balaban J connectivity index is 0.00000512. The number of halogens is 1. The third kappa shape index (κ3) is 10.5. The predicted octanol–water partition coefficient (Wildman–Crippen LogP) is 3.96. The number of carbonyl (C=O) groups excluding carboxylic acids is 1. The molecule has 1 atom stereocenters. The summed E-state index contributed by atoms with van der Waals surface area (Å²) < 4.78 is 5.82. The van der Waals surface area contributed by atoms with Gasteiger partial charge >= 0.3 is 0 Å². The molecule has 0 aromatic heterocycles. The van der Waals surface area contributed by atoms with Gasteiger partial charge in [0.2, 0.25) is 0 Å². The lowest BCUT2D eigenvalue weighted by atomic mass is 10.1. The quantitative estimate of drug-likeness (QED) is 0.252. The van der Waals surface area contributed by atoms with Crippen molar-refractivity contribution in [2.75, 3.05) is 40.3 Å². The van der Waals surface area contributed by atoms with Crippen LogP contribution in [0.4, 0.5) is 0 Å². The summed E-state index contributed by atoms with van der Waals surface area (Å²) in [5.74, 6) is 1.15. The van der Waals surface area contributed by atoms with Crippen molar-refractivity contribution in [1.82, 2.24) is 15.5 Å². The van der Waals surface area contributed by atoms with Crippen LogP contribution in [0.5, 0.6) is 0 Å². The molecule has 7 heteroatoms. The van der Waals surface area contributed by atoms with Crippen molar-refractivity contribution in [3.63, 3.8) is 0 Å². The van der Waals surface area contributed by atoms with Gasteiger partial charge in [-0.15, -0.1) is 24.0 Å². The molecule has 0 saturated heterocycles. The number of benzene rings is 2. The molecule has 32 heavy (non-hydrogen) atoms. The number of guanidine groups is 1. The van der Waals surface area contributed by atoms with Gasteiger partial charge in [0.1, 0.15) is 0 Å². The Kier molecular flexibility index (Phi) is 13.6. The summed E-state index contributed by atoms with van der Waals surface area (Å²) in [4.78, 5) is 18.4. The van der Waals surface area contributed by atoms with Crippen LogP contribution in [0.3, 0.4) is 0 Å². The summed E-state index contributed by atoms with van der Waals surface area (Å²) in [5.41, 5.74) is 3.02. The van der Waals surface area contributed by atoms with Crippen molar-refractivity contribution in [1.29, 1.82) is 0 Å². The molecule has 2 aromatic rings. The molecule has 0 radical (unpaired) electrons. The van der Waals surface area contributed by atoms with Gasteiger partial charge in [0.05, 0.1) is 13.2 Å². The molecule has 2 aromatic carbocycles. The second kappa shape index (κ2) is 15.6. The number of aliphatic imine (C=N–C) groups is 1. The minimum Gasteiger partial charge on any atom is -0.376 e. The van der Waals surface area contributed by atoms with Gasteiger partial charge in [-0.25, -0.2) is 0 Å². The van der Waals surface area contributed by atoms with Gasteiger partial charge in [-0.2, -0.15) is 0 Å². The molecule has 0 heterocycles. The van der Waals surface area contributed by atoms with E-state index >= 15 is 0 Å². The highest BCUT2D eigenvalue weighted by Gasteiger charge is 2.08. The zero-order chi connectivity index (χ0) is 22.5. The van der Waals surface area contributed by atoms with Crippen LogP contribution < -0.4 is 10.6 Å². The van der Waals surface area contributed by atoms with Crippen molar-refractivity contribution in [3.8, 4) is 0 Å². The van der Waals surface area contributed by atoms with E-state index in [2.05, 4.69) is 36.6 Å². The van der Waals surface area contributed by atoms with Crippen molar-refractivity contribution in [3.05, 3.63) is 71.3 Å². The molecule has 2 rings (SSSR count). The highest BCUT2D eigenvalue weighted by atomic mass is 127. The minimum absolute atomic E-state index is 0. The molecule has 0 aliphatic carbocycles. The first kappa shape index (κ1) is 27.9. The van der Waals surface area contributed by atoms with Gasteiger partial charge in [-0.05, 0) is 42.5 Å². The Morgan fingerprint density at radius 3 is 2.47 bits per heavy atom. The highest BCUT2D eigenvalue weighted by molar-refractivity contribution is 14.0. The fourth-order valence-electron chi connectivity index (χ4n) is 3.04. The first-order chi connectivity index (χ1) is 15.0. The Labute approximate surface area is 209 Å². The van der Waals surface area contributed by atoms with Gasteiger partial charge in [0.15, 0.2) is 5.96 Å². The Bertz CT molecular complexity index is 828. The van der Waals surface area contributed by atoms with E-state index in [1.807, 2.05) is 42.5 Å². The van der Waals surface area contributed by atoms with Crippen LogP contribution >= 0.6 is 24.0 Å². The Morgan fingerprint density at radius 2 is 1.78 bits per heavy atom. The number of ether oxygens (including phenoxy) is 1. The van der Waals surface area contributed by atoms with E-state index in [9.17, 15) is 4.79 Å². The smallest absolute Gasteiger partial charge is 0.253 e. The number of nitrogens with one attached hydrogen (secondary N) is 2. The van der Waals surface area contributed by atoms with E-state index in [4.69, 9.17) is 9.73 Å². The van der Waals surface area contributed by atoms with Gasteiger partial charge in [-0.1, -0.05) is 49.4 Å². The van der Waals surface area contributed by atoms with Crippen LogP contribution in [-0.2, 0) is 17.8 Å². The molecule has 2 N–H and O–H groups in total. The van der Waals surface area contributed by atoms with E-state index in [0.29, 0.717) is 31.2 Å². The lowest BCUT2D eigenvalue weighted by Gasteiger charge is -2.14. The molecule has 0 fully saturated rings. The van der Waals surface area contributed by atoms with Crippen LogP contribution in [0, 0.1) is 5.92 Å². The van der Waals surface area contributed by atoms with Crippen LogP contribution in [-0.4, -0.2) is 57.1 Å². The van der Waals surface area contributed by atoms with E-state index < -0.39 is 0 Å². The summed E-state index contributed by atoms with van der Waals surface area (Å²) in [6.45, 7) is 7.73. The zero-order valence-corrected chi connectivity index (χ0v) is 22.0. The molecule has 0 bridgehead atoms. The number of hydrogen-bond acceptors (Lipinski definition) is 3. The van der Waals surface area contributed by atoms with Gasteiger partial charge in [0, 0.05) is 39.3 Å². The zero-order valence-electron chi connectivity index (χ0n) is 19.6. The molecule has 6 nitrogen and oxygen atoms in total. The largest absolute Gasteiger partial charge is 0.376 e. The number of amides is 1. The molecular formula is C25H37IN4O2. The van der Waals surface area contributed by atoms with Crippen molar-refractivity contribution in [2.24, 2.45) is 10.9 Å². The average Bonchev–Trinajstić information content (AvgIpc) is 2.78. The standard InChI is InChI=1S/C25H36N4O2.HI/c1-5-26-25(28-17-20(2)18-31-19-22-10-7-6-8-11-22)27-15-14-21-12-9-13-23(16-21)24(30)29(3)4;/h6-13,16,20H,5,14-15,17-19H2,1-4H3,(H2,26,27,28);1H. The minimum atomic E-state index is 0. The molecule has 1 unspecified atom stereocenters. The third-order valence-electron chi connectivity index (χ3n) is 4.71. The van der Waals surface area contributed by atoms with Crippen molar-refractivity contribution >= 4 is 35.8 Å². The van der Waals surface area contributed by atoms with Crippen LogP contribution in [0.15, 0.2) is 59.6 Å². The first-order valence-corrected chi connectivity index (χ1v) is 10.9. The first-order valence-electron chi connectivity index (χ1n) is 10.9. The topological polar surface area (TPSA) is 66.0 Å². The normalized spacial score (nSPS) is 11.9. The van der Waals surface area contributed by atoms with Crippen molar-refractivity contribution in [2.45, 2.75) is 26.9 Å². The lowest BCUT2D eigenvalue weighted by molar-refractivity contribution is 0.0827. The van der Waals surface area contributed by atoms with Crippen LogP contribution in [0.1, 0.15) is 35.3 Å². The number of hydrogen-bond donors (Lipinski definition) is 2. The van der Waals surface area contributed by atoms with Gasteiger partial charge in [-0.3, -0.25) is 9.79 Å². The maximum Gasteiger partial charge on any atom is 0.253 e. The summed E-state index contributed by atoms with van der Waals surface area (Å²) >= 11 is 0. The molecule has 0 saturated carbocycles. The predicted molar refractivity (Wildman–Crippen MR) is 143 cm³/mol. The fourth-order valence-corrected chi connectivity index (χ4v) is 3.04. The number of carbonyl (C=O) groups is 1. The van der Waals surface area contributed by atoms with E-state index in [1.165, 1.54) is 5.56 Å². The van der Waals surface area contributed by atoms with E-state index in [-0.39, 0.29) is 29.9 Å². The summed E-state index contributed by atoms with van der Waals surface area (Å²) in [6, 6.07) is 18.0. The molecule has 176 valence electrons. The second-order valence-electron chi connectivity index (χ2n) is 7.90. The molecule has 0 spiro atoms. The fraction of sp³-hybridized carbons (Fsp3) is 0.440. The molecule has 0 aliphatic rings. The van der Waals surface area contributed by atoms with Crippen molar-refractivity contribution < 1.29 is 9.53 Å². The third-order valence-corrected chi connectivity index (χ3v) is 4.71. The average molecular weight is 553 g/mol. The number of rotatable bonds is 11. The summed E-state index contributed by atoms with van der Waals surface area (Å²) in [6.07, 6.45) is 0.814. The van der Waals surface area contributed by atoms with Crippen LogP contribution in [0.25, 0.3) is 0 Å². The Hall–Kier alpha value is -2.13. The van der Waals surface area contributed by atoms with Gasteiger partial charge in [0.25, 0.3) is 5.91 Å².